The van der Waals surface area contributed by atoms with E-state index in [1.165, 1.54) is 27.8 Å². The van der Waals surface area contributed by atoms with E-state index >= 15 is 0 Å². The summed E-state index contributed by atoms with van der Waals surface area (Å²) in [6.07, 6.45) is 0.671. The van der Waals surface area contributed by atoms with Crippen molar-refractivity contribution in [2.24, 2.45) is 0 Å². The molecule has 1 aromatic heterocycles. The SMILES string of the molecule is CCS(=O)(=O)N1CCc2cc(-c3csc(-c4cccc([N+](=O)[O-])c4)n3)ccc21. The van der Waals surface area contributed by atoms with Crippen molar-refractivity contribution in [2.75, 3.05) is 16.6 Å². The molecule has 0 saturated heterocycles. The fourth-order valence-electron chi connectivity index (χ4n) is 3.27. The molecule has 3 aromatic rings. The molecule has 9 heteroatoms. The molecule has 0 radical (unpaired) electrons. The van der Waals surface area contributed by atoms with Crippen LogP contribution in [0.25, 0.3) is 21.8 Å². The number of sulfonamides is 1. The van der Waals surface area contributed by atoms with Crippen LogP contribution in [-0.4, -0.2) is 30.6 Å². The number of benzene rings is 2. The summed E-state index contributed by atoms with van der Waals surface area (Å²) in [6.45, 7) is 2.11. The summed E-state index contributed by atoms with van der Waals surface area (Å²) >= 11 is 1.42. The van der Waals surface area contributed by atoms with Gasteiger partial charge in [0.1, 0.15) is 5.01 Å². The Balaban J connectivity index is 1.66. The molecule has 0 amide bonds. The number of hydrogen-bond acceptors (Lipinski definition) is 6. The molecule has 0 spiro atoms. The summed E-state index contributed by atoms with van der Waals surface area (Å²) in [5, 5.41) is 13.6. The van der Waals surface area contributed by atoms with Crippen molar-refractivity contribution in [1.82, 2.24) is 4.98 Å². The summed E-state index contributed by atoms with van der Waals surface area (Å²) in [5.74, 6) is 0.0762. The minimum atomic E-state index is -3.27. The van der Waals surface area contributed by atoms with Gasteiger partial charge in [-0.15, -0.1) is 11.3 Å². The van der Waals surface area contributed by atoms with Crippen molar-refractivity contribution < 1.29 is 13.3 Å². The number of nitrogens with zero attached hydrogens (tertiary/aromatic N) is 3. The second-order valence-electron chi connectivity index (χ2n) is 6.41. The number of aromatic nitrogens is 1. The van der Waals surface area contributed by atoms with Crippen molar-refractivity contribution in [3.63, 3.8) is 0 Å². The van der Waals surface area contributed by atoms with Gasteiger partial charge in [-0.1, -0.05) is 18.2 Å². The molecule has 0 N–H and O–H groups in total. The maximum absolute atomic E-state index is 12.2. The molecule has 0 bridgehead atoms. The van der Waals surface area contributed by atoms with Gasteiger partial charge in [0.2, 0.25) is 10.0 Å². The minimum Gasteiger partial charge on any atom is -0.270 e. The van der Waals surface area contributed by atoms with Gasteiger partial charge in [0.05, 0.1) is 22.1 Å². The fraction of sp³-hybridized carbons (Fsp3) is 0.211. The minimum absolute atomic E-state index is 0.0315. The Hall–Kier alpha value is -2.78. The number of anilines is 1. The molecule has 2 heterocycles. The summed E-state index contributed by atoms with van der Waals surface area (Å²) < 4.78 is 25.9. The maximum atomic E-state index is 12.2. The molecular formula is C19H17N3O4S2. The van der Waals surface area contributed by atoms with Gasteiger partial charge < -0.3 is 0 Å². The molecule has 0 saturated carbocycles. The maximum Gasteiger partial charge on any atom is 0.270 e. The average Bonchev–Trinajstić information content (AvgIpc) is 3.35. The molecule has 28 heavy (non-hydrogen) atoms. The third kappa shape index (κ3) is 3.27. The van der Waals surface area contributed by atoms with Crippen LogP contribution in [0.5, 0.6) is 0 Å². The number of nitro groups is 1. The van der Waals surface area contributed by atoms with E-state index in [1.807, 2.05) is 23.6 Å². The number of nitro benzene ring substituents is 1. The Kier molecular flexibility index (Phi) is 4.64. The zero-order valence-corrected chi connectivity index (χ0v) is 16.7. The Morgan fingerprint density at radius 2 is 2.04 bits per heavy atom. The number of rotatable bonds is 5. The van der Waals surface area contributed by atoms with Gasteiger partial charge in [-0.3, -0.25) is 14.4 Å². The second-order valence-corrected chi connectivity index (χ2v) is 9.45. The van der Waals surface area contributed by atoms with Crippen molar-refractivity contribution in [3.05, 3.63) is 63.5 Å². The first-order valence-corrected chi connectivity index (χ1v) is 11.2. The van der Waals surface area contributed by atoms with Gasteiger partial charge in [0, 0.05) is 35.2 Å². The predicted octanol–water partition coefficient (Wildman–Crippen LogP) is 4.10. The van der Waals surface area contributed by atoms with E-state index in [2.05, 4.69) is 4.98 Å². The number of non-ortho nitro benzene ring substituents is 1. The van der Waals surface area contributed by atoms with Crippen LogP contribution in [0.15, 0.2) is 47.8 Å². The largest absolute Gasteiger partial charge is 0.270 e. The standard InChI is InChI=1S/C19H17N3O4S2/c1-2-28(25,26)21-9-8-14-10-13(6-7-18(14)21)17-12-27-19(20-17)15-4-3-5-16(11-15)22(23)24/h3-7,10-12H,2,8-9H2,1H3. The highest BCUT2D eigenvalue weighted by molar-refractivity contribution is 7.92. The van der Waals surface area contributed by atoms with Crippen molar-refractivity contribution in [3.8, 4) is 21.8 Å². The lowest BCUT2D eigenvalue weighted by Gasteiger charge is -2.18. The van der Waals surface area contributed by atoms with E-state index in [1.54, 1.807) is 19.1 Å². The third-order valence-electron chi connectivity index (χ3n) is 4.74. The lowest BCUT2D eigenvalue weighted by Crippen LogP contribution is -2.30. The Bertz CT molecular complexity index is 1170. The summed E-state index contributed by atoms with van der Waals surface area (Å²) in [5.41, 5.74) is 4.13. The first-order chi connectivity index (χ1) is 13.4. The molecule has 0 fully saturated rings. The monoisotopic (exact) mass is 415 g/mol. The predicted molar refractivity (Wildman–Crippen MR) is 110 cm³/mol. The van der Waals surface area contributed by atoms with Crippen LogP contribution in [0.2, 0.25) is 0 Å². The highest BCUT2D eigenvalue weighted by atomic mass is 32.2. The summed E-state index contributed by atoms with van der Waals surface area (Å²) in [7, 11) is -3.27. The van der Waals surface area contributed by atoms with Gasteiger partial charge in [0.15, 0.2) is 0 Å². The topological polar surface area (TPSA) is 93.4 Å². The molecule has 1 aliphatic rings. The lowest BCUT2D eigenvalue weighted by atomic mass is 10.1. The second kappa shape index (κ2) is 6.99. The van der Waals surface area contributed by atoms with Crippen molar-refractivity contribution in [2.45, 2.75) is 13.3 Å². The zero-order valence-electron chi connectivity index (χ0n) is 15.0. The Labute approximate surface area is 166 Å². The highest BCUT2D eigenvalue weighted by Crippen LogP contribution is 2.36. The van der Waals surface area contributed by atoms with Gasteiger partial charge in [-0.05, 0) is 31.0 Å². The van der Waals surface area contributed by atoms with Gasteiger partial charge in [-0.25, -0.2) is 13.4 Å². The quantitative estimate of drug-likeness (QED) is 0.462. The first-order valence-electron chi connectivity index (χ1n) is 8.73. The molecule has 144 valence electrons. The molecule has 0 aliphatic carbocycles. The fourth-order valence-corrected chi connectivity index (χ4v) is 5.25. The van der Waals surface area contributed by atoms with Crippen LogP contribution in [0, 0.1) is 10.1 Å². The molecule has 4 rings (SSSR count). The van der Waals surface area contributed by atoms with E-state index in [4.69, 9.17) is 0 Å². The summed E-state index contributed by atoms with van der Waals surface area (Å²) in [6, 6.07) is 12.1. The van der Waals surface area contributed by atoms with E-state index in [-0.39, 0.29) is 11.4 Å². The number of thiazole rings is 1. The Morgan fingerprint density at radius 3 is 2.79 bits per heavy atom. The lowest BCUT2D eigenvalue weighted by molar-refractivity contribution is -0.384. The average molecular weight is 415 g/mol. The van der Waals surface area contributed by atoms with Crippen LogP contribution in [0.4, 0.5) is 11.4 Å². The first kappa shape index (κ1) is 18.6. The van der Waals surface area contributed by atoms with Gasteiger partial charge in [0.25, 0.3) is 5.69 Å². The Morgan fingerprint density at radius 1 is 1.21 bits per heavy atom. The molecule has 7 nitrogen and oxygen atoms in total. The van der Waals surface area contributed by atoms with E-state index in [0.717, 1.165) is 22.5 Å². The van der Waals surface area contributed by atoms with Crippen LogP contribution in [-0.2, 0) is 16.4 Å². The van der Waals surface area contributed by atoms with Crippen LogP contribution in [0.1, 0.15) is 12.5 Å². The molecular weight excluding hydrogens is 398 g/mol. The van der Waals surface area contributed by atoms with Crippen molar-refractivity contribution >= 4 is 32.7 Å². The third-order valence-corrected chi connectivity index (χ3v) is 7.41. The molecule has 2 aromatic carbocycles. The molecule has 0 atom stereocenters. The highest BCUT2D eigenvalue weighted by Gasteiger charge is 2.28. The van der Waals surface area contributed by atoms with Crippen molar-refractivity contribution in [1.29, 1.82) is 0 Å². The molecule has 0 unspecified atom stereocenters. The van der Waals surface area contributed by atoms with Gasteiger partial charge >= 0.3 is 0 Å². The smallest absolute Gasteiger partial charge is 0.270 e. The molecule has 1 aliphatic heterocycles. The van der Waals surface area contributed by atoms with Gasteiger partial charge in [-0.2, -0.15) is 0 Å². The number of fused-ring (bicyclic) bond motifs is 1. The van der Waals surface area contributed by atoms with Crippen LogP contribution in [0.3, 0.4) is 0 Å². The zero-order chi connectivity index (χ0) is 19.9. The van der Waals surface area contributed by atoms with E-state index in [0.29, 0.717) is 23.5 Å². The van der Waals surface area contributed by atoms with E-state index < -0.39 is 14.9 Å². The normalized spacial score (nSPS) is 13.5. The van der Waals surface area contributed by atoms with Crippen LogP contribution >= 0.6 is 11.3 Å². The number of hydrogen-bond donors (Lipinski definition) is 0. The van der Waals surface area contributed by atoms with Crippen LogP contribution < -0.4 is 4.31 Å². The summed E-state index contributed by atoms with van der Waals surface area (Å²) in [4.78, 5) is 15.2. The van der Waals surface area contributed by atoms with E-state index in [9.17, 15) is 18.5 Å².